The van der Waals surface area contributed by atoms with Gasteiger partial charge >= 0.3 is 5.97 Å². The van der Waals surface area contributed by atoms with Crippen LogP contribution in [0.2, 0.25) is 0 Å². The highest BCUT2D eigenvalue weighted by molar-refractivity contribution is 5.99. The second kappa shape index (κ2) is 10.3. The van der Waals surface area contributed by atoms with Crippen molar-refractivity contribution in [3.05, 3.63) is 23.8 Å². The number of hydrogen-bond acceptors (Lipinski definition) is 5. The lowest BCUT2D eigenvalue weighted by atomic mass is 9.93. The number of ether oxygens (including phenoxy) is 3. The molecule has 6 nitrogen and oxygen atoms in total. The van der Waals surface area contributed by atoms with Gasteiger partial charge in [-0.25, -0.2) is 4.79 Å². The van der Waals surface area contributed by atoms with E-state index in [0.717, 1.165) is 6.42 Å². The van der Waals surface area contributed by atoms with Crippen LogP contribution >= 0.6 is 0 Å². The molecule has 1 aromatic carbocycles. The Morgan fingerprint density at radius 2 is 1.85 bits per heavy atom. The molecular formula is C21H33NO5. The Hall–Kier alpha value is -2.08. The summed E-state index contributed by atoms with van der Waals surface area (Å²) in [6, 6.07) is 4.96. The Bertz CT molecular complexity index is 643. The maximum atomic E-state index is 12.8. The molecule has 152 valence electrons. The molecule has 0 aliphatic carbocycles. The normalized spacial score (nSPS) is 14.4. The summed E-state index contributed by atoms with van der Waals surface area (Å²) in [5.74, 6) is -0.0307. The predicted molar refractivity (Wildman–Crippen MR) is 106 cm³/mol. The van der Waals surface area contributed by atoms with Gasteiger partial charge in [-0.1, -0.05) is 20.8 Å². The Morgan fingerprint density at radius 1 is 1.19 bits per heavy atom. The Kier molecular flexibility index (Phi) is 8.76. The molecular weight excluding hydrogens is 346 g/mol. The highest BCUT2D eigenvalue weighted by Gasteiger charge is 2.35. The number of nitrogens with one attached hydrogen (secondary N) is 1. The minimum atomic E-state index is -0.944. The van der Waals surface area contributed by atoms with E-state index >= 15 is 0 Å². The molecule has 27 heavy (non-hydrogen) atoms. The zero-order valence-electron chi connectivity index (χ0n) is 17.5. The molecule has 0 radical (unpaired) electrons. The number of hydrogen-bond donors (Lipinski definition) is 1. The van der Waals surface area contributed by atoms with Gasteiger partial charge in [0.25, 0.3) is 5.91 Å². The molecule has 0 aromatic heterocycles. The molecule has 1 rings (SSSR count). The van der Waals surface area contributed by atoms with Crippen LogP contribution in [0.1, 0.15) is 64.7 Å². The number of carbonyl (C=O) groups excluding carboxylic acids is 2. The first-order chi connectivity index (χ1) is 12.7. The summed E-state index contributed by atoms with van der Waals surface area (Å²) in [7, 11) is 1.31. The number of esters is 1. The summed E-state index contributed by atoms with van der Waals surface area (Å²) in [5.41, 5.74) is -0.176. The Labute approximate surface area is 162 Å². The minimum Gasteiger partial charge on any atom is -0.490 e. The van der Waals surface area contributed by atoms with Crippen LogP contribution in [0.3, 0.4) is 0 Å². The summed E-state index contributed by atoms with van der Waals surface area (Å²) < 4.78 is 16.4. The number of rotatable bonds is 10. The van der Waals surface area contributed by atoms with E-state index in [1.807, 2.05) is 34.6 Å². The fourth-order valence-electron chi connectivity index (χ4n) is 2.86. The van der Waals surface area contributed by atoms with Gasteiger partial charge in [0.05, 0.1) is 13.2 Å². The molecule has 0 saturated heterocycles. The van der Waals surface area contributed by atoms with Crippen molar-refractivity contribution in [2.45, 2.75) is 66.1 Å². The largest absolute Gasteiger partial charge is 0.490 e. The third kappa shape index (κ3) is 6.54. The maximum Gasteiger partial charge on any atom is 0.341 e. The van der Waals surface area contributed by atoms with E-state index in [1.54, 1.807) is 25.1 Å². The summed E-state index contributed by atoms with van der Waals surface area (Å²) in [6.45, 7) is 12.1. The average Bonchev–Trinajstić information content (AvgIpc) is 2.61. The molecule has 0 aliphatic rings. The molecule has 6 heteroatoms. The molecule has 0 heterocycles. The Balaban J connectivity index is 3.12. The fraction of sp³-hybridized carbons (Fsp3) is 0.619. The van der Waals surface area contributed by atoms with Crippen molar-refractivity contribution < 1.29 is 23.8 Å². The summed E-state index contributed by atoms with van der Waals surface area (Å²) in [4.78, 5) is 25.0. The molecule has 1 aromatic rings. The summed E-state index contributed by atoms with van der Waals surface area (Å²) in [6.07, 6.45) is 1.35. The van der Waals surface area contributed by atoms with E-state index in [0.29, 0.717) is 30.4 Å². The molecule has 2 atom stereocenters. The first-order valence-corrected chi connectivity index (χ1v) is 9.51. The summed E-state index contributed by atoms with van der Waals surface area (Å²) in [5, 5.41) is 2.86. The van der Waals surface area contributed by atoms with Gasteiger partial charge in [0.2, 0.25) is 0 Å². The van der Waals surface area contributed by atoms with E-state index in [9.17, 15) is 9.59 Å². The monoisotopic (exact) mass is 379 g/mol. The number of methoxy groups -OCH3 is 1. The molecule has 0 spiro atoms. The van der Waals surface area contributed by atoms with Crippen LogP contribution < -0.4 is 10.1 Å². The van der Waals surface area contributed by atoms with Gasteiger partial charge < -0.3 is 19.5 Å². The second-order valence-electron chi connectivity index (χ2n) is 7.26. The smallest absolute Gasteiger partial charge is 0.341 e. The quantitative estimate of drug-likeness (QED) is 0.609. The number of benzene rings is 1. The molecule has 1 N–H and O–H groups in total. The molecule has 1 amide bonds. The lowest BCUT2D eigenvalue weighted by molar-refractivity contribution is -0.140. The number of carbonyl (C=O) groups is 2. The van der Waals surface area contributed by atoms with Gasteiger partial charge in [-0.3, -0.25) is 4.79 Å². The van der Waals surface area contributed by atoms with Gasteiger partial charge in [-0.15, -0.1) is 0 Å². The lowest BCUT2D eigenvalue weighted by Crippen LogP contribution is -2.44. The third-order valence-electron chi connectivity index (χ3n) is 4.29. The van der Waals surface area contributed by atoms with Gasteiger partial charge in [0.1, 0.15) is 16.9 Å². The van der Waals surface area contributed by atoms with E-state index < -0.39 is 11.6 Å². The standard InChI is InChI=1S/C21H33NO5/c1-8-15(5)27-18-11-10-16(12-17(18)19(23)25-7)22-20(24)21(6,26-9-2)13-14(3)4/h10-12,14-15H,8-9,13H2,1-7H3,(H,22,24)/t15-,21-/m1/s1. The van der Waals surface area contributed by atoms with Crippen LogP contribution in [0, 0.1) is 5.92 Å². The minimum absolute atomic E-state index is 0.0406. The van der Waals surface area contributed by atoms with Crippen LogP contribution in [0.25, 0.3) is 0 Å². The SMILES string of the molecule is CCO[C@](C)(CC(C)C)C(=O)Nc1ccc(O[C@H](C)CC)c(C(=O)OC)c1. The van der Waals surface area contributed by atoms with E-state index in [-0.39, 0.29) is 17.6 Å². The van der Waals surface area contributed by atoms with Crippen LogP contribution in [0.5, 0.6) is 5.75 Å². The molecule has 0 unspecified atom stereocenters. The molecule has 0 saturated carbocycles. The predicted octanol–water partition coefficient (Wildman–Crippen LogP) is 4.43. The van der Waals surface area contributed by atoms with E-state index in [1.165, 1.54) is 7.11 Å². The van der Waals surface area contributed by atoms with Crippen LogP contribution in [0.4, 0.5) is 5.69 Å². The first kappa shape index (κ1) is 23.0. The highest BCUT2D eigenvalue weighted by Crippen LogP contribution is 2.28. The van der Waals surface area contributed by atoms with Gasteiger partial charge in [0.15, 0.2) is 0 Å². The van der Waals surface area contributed by atoms with Gasteiger partial charge in [-0.05, 0) is 57.7 Å². The number of anilines is 1. The van der Waals surface area contributed by atoms with Crippen molar-refractivity contribution in [3.63, 3.8) is 0 Å². The lowest BCUT2D eigenvalue weighted by Gasteiger charge is -2.30. The van der Waals surface area contributed by atoms with Crippen LogP contribution in [-0.4, -0.2) is 37.3 Å². The van der Waals surface area contributed by atoms with Crippen molar-refractivity contribution in [1.29, 1.82) is 0 Å². The highest BCUT2D eigenvalue weighted by atomic mass is 16.5. The average molecular weight is 379 g/mol. The van der Waals surface area contributed by atoms with Gasteiger partial charge in [0, 0.05) is 12.3 Å². The number of amides is 1. The zero-order chi connectivity index (χ0) is 20.6. The first-order valence-electron chi connectivity index (χ1n) is 9.51. The molecule has 0 fully saturated rings. The topological polar surface area (TPSA) is 73.9 Å². The maximum absolute atomic E-state index is 12.8. The van der Waals surface area contributed by atoms with Crippen molar-refractivity contribution in [3.8, 4) is 5.75 Å². The van der Waals surface area contributed by atoms with Crippen molar-refractivity contribution in [2.75, 3.05) is 19.0 Å². The van der Waals surface area contributed by atoms with Crippen LogP contribution in [0.15, 0.2) is 18.2 Å². The molecule has 0 aliphatic heterocycles. The van der Waals surface area contributed by atoms with Crippen molar-refractivity contribution in [1.82, 2.24) is 0 Å². The third-order valence-corrected chi connectivity index (χ3v) is 4.29. The van der Waals surface area contributed by atoms with E-state index in [2.05, 4.69) is 5.32 Å². The van der Waals surface area contributed by atoms with Crippen molar-refractivity contribution >= 4 is 17.6 Å². The fourth-order valence-corrected chi connectivity index (χ4v) is 2.86. The van der Waals surface area contributed by atoms with Gasteiger partial charge in [-0.2, -0.15) is 0 Å². The molecule has 0 bridgehead atoms. The van der Waals surface area contributed by atoms with Crippen LogP contribution in [-0.2, 0) is 14.3 Å². The zero-order valence-corrected chi connectivity index (χ0v) is 17.5. The van der Waals surface area contributed by atoms with E-state index in [4.69, 9.17) is 14.2 Å². The summed E-state index contributed by atoms with van der Waals surface area (Å²) >= 11 is 0. The second-order valence-corrected chi connectivity index (χ2v) is 7.26. The Morgan fingerprint density at radius 3 is 2.37 bits per heavy atom. The van der Waals surface area contributed by atoms with Crippen molar-refractivity contribution in [2.24, 2.45) is 5.92 Å².